The number of nitro groups is 1. The Morgan fingerprint density at radius 2 is 1.76 bits per heavy atom. The summed E-state index contributed by atoms with van der Waals surface area (Å²) in [6.07, 6.45) is 0. The summed E-state index contributed by atoms with van der Waals surface area (Å²) in [7, 11) is 0. The Morgan fingerprint density at radius 3 is 2.33 bits per heavy atom. The van der Waals surface area contributed by atoms with Crippen LogP contribution >= 0.6 is 0 Å². The van der Waals surface area contributed by atoms with Crippen molar-refractivity contribution in [1.82, 2.24) is 0 Å². The highest BCUT2D eigenvalue weighted by atomic mass is 19.1. The molecule has 0 aromatic heterocycles. The van der Waals surface area contributed by atoms with E-state index < -0.39 is 33.7 Å². The maximum Gasteiger partial charge on any atom is 0.305 e. The van der Waals surface area contributed by atoms with Gasteiger partial charge in [0.15, 0.2) is 0 Å². The van der Waals surface area contributed by atoms with Crippen LogP contribution in [0.25, 0.3) is 0 Å². The molecule has 6 nitrogen and oxygen atoms in total. The van der Waals surface area contributed by atoms with Gasteiger partial charge in [-0.2, -0.15) is 4.39 Å². The van der Waals surface area contributed by atoms with Gasteiger partial charge in [0.2, 0.25) is 5.82 Å². The highest BCUT2D eigenvalue weighted by Crippen LogP contribution is 2.24. The molecule has 2 N–H and O–H groups in total. The molecule has 2 aromatic rings. The van der Waals surface area contributed by atoms with Crippen LogP contribution in [0, 0.1) is 21.7 Å². The van der Waals surface area contributed by atoms with Crippen LogP contribution in [0.15, 0.2) is 36.4 Å². The van der Waals surface area contributed by atoms with Crippen LogP contribution in [0.4, 0.5) is 20.2 Å². The molecule has 1 amide bonds. The summed E-state index contributed by atoms with van der Waals surface area (Å²) in [5.41, 5.74) is -1.87. The summed E-state index contributed by atoms with van der Waals surface area (Å²) in [5.74, 6) is -3.98. The Kier molecular flexibility index (Phi) is 3.79. The van der Waals surface area contributed by atoms with Crippen molar-refractivity contribution in [3.63, 3.8) is 0 Å². The quantitative estimate of drug-likeness (QED) is 0.517. The zero-order chi connectivity index (χ0) is 15.6. The molecule has 8 heteroatoms. The molecule has 0 saturated carbocycles. The summed E-state index contributed by atoms with van der Waals surface area (Å²) in [5, 5.41) is 21.9. The number of phenolic OH excluding ortho intramolecular Hbond substituents is 1. The van der Waals surface area contributed by atoms with Crippen LogP contribution in [0.2, 0.25) is 0 Å². The third-order valence-corrected chi connectivity index (χ3v) is 2.62. The minimum Gasteiger partial charge on any atom is -0.508 e. The number of phenols is 1. The zero-order valence-corrected chi connectivity index (χ0v) is 10.3. The fourth-order valence-corrected chi connectivity index (χ4v) is 1.63. The first-order chi connectivity index (χ1) is 9.90. The Hall–Kier alpha value is -3.03. The molecule has 21 heavy (non-hydrogen) atoms. The van der Waals surface area contributed by atoms with Gasteiger partial charge in [0.05, 0.1) is 4.92 Å². The SMILES string of the molecule is O=C(Nc1ccc(O)cc1)c1c(F)ccc([N+](=O)[O-])c1F. The molecule has 108 valence electrons. The number of halogens is 2. The molecule has 2 aromatic carbocycles. The predicted octanol–water partition coefficient (Wildman–Crippen LogP) is 2.83. The Labute approximate surface area is 116 Å². The lowest BCUT2D eigenvalue weighted by molar-refractivity contribution is -0.387. The molecule has 0 spiro atoms. The first-order valence-electron chi connectivity index (χ1n) is 5.63. The number of nitrogens with zero attached hydrogens (tertiary/aromatic N) is 1. The first kappa shape index (κ1) is 14.4. The number of amides is 1. The van der Waals surface area contributed by atoms with Crippen LogP contribution < -0.4 is 5.32 Å². The maximum atomic E-state index is 13.8. The first-order valence-corrected chi connectivity index (χ1v) is 5.63. The largest absolute Gasteiger partial charge is 0.508 e. The molecule has 0 heterocycles. The highest BCUT2D eigenvalue weighted by molar-refractivity contribution is 6.05. The lowest BCUT2D eigenvalue weighted by Crippen LogP contribution is -2.16. The molecular formula is C13H8F2N2O4. The molecule has 0 aliphatic carbocycles. The van der Waals surface area contributed by atoms with Crippen LogP contribution in [-0.4, -0.2) is 15.9 Å². The lowest BCUT2D eigenvalue weighted by atomic mass is 10.1. The van der Waals surface area contributed by atoms with Gasteiger partial charge in [-0.15, -0.1) is 0 Å². The molecule has 0 atom stereocenters. The smallest absolute Gasteiger partial charge is 0.305 e. The van der Waals surface area contributed by atoms with Gasteiger partial charge in [0, 0.05) is 11.8 Å². The molecule has 0 bridgehead atoms. The van der Waals surface area contributed by atoms with Gasteiger partial charge in [-0.05, 0) is 30.3 Å². The third-order valence-electron chi connectivity index (χ3n) is 2.62. The number of nitro benzene ring substituents is 1. The molecule has 2 rings (SSSR count). The van der Waals surface area contributed by atoms with Crippen molar-refractivity contribution >= 4 is 17.3 Å². The number of aromatic hydroxyl groups is 1. The number of hydrogen-bond acceptors (Lipinski definition) is 4. The number of nitrogens with one attached hydrogen (secondary N) is 1. The van der Waals surface area contributed by atoms with Crippen molar-refractivity contribution in [2.75, 3.05) is 5.32 Å². The number of hydrogen-bond donors (Lipinski definition) is 2. The molecule has 0 radical (unpaired) electrons. The second-order valence-electron chi connectivity index (χ2n) is 4.01. The second kappa shape index (κ2) is 5.53. The number of carbonyl (C=O) groups excluding carboxylic acids is 1. The minimum atomic E-state index is -1.55. The fraction of sp³-hybridized carbons (Fsp3) is 0. The number of rotatable bonds is 3. The van der Waals surface area contributed by atoms with E-state index in [-0.39, 0.29) is 11.4 Å². The minimum absolute atomic E-state index is 0.0549. The van der Waals surface area contributed by atoms with Crippen molar-refractivity contribution < 1.29 is 23.6 Å². The Balaban J connectivity index is 2.37. The van der Waals surface area contributed by atoms with Crippen molar-refractivity contribution in [1.29, 1.82) is 0 Å². The number of anilines is 1. The summed E-state index contributed by atoms with van der Waals surface area (Å²) in [6.45, 7) is 0. The monoisotopic (exact) mass is 294 g/mol. The average molecular weight is 294 g/mol. The van der Waals surface area contributed by atoms with Gasteiger partial charge < -0.3 is 10.4 Å². The van der Waals surface area contributed by atoms with Gasteiger partial charge in [-0.25, -0.2) is 4.39 Å². The van der Waals surface area contributed by atoms with Crippen LogP contribution in [0.5, 0.6) is 5.75 Å². The van der Waals surface area contributed by atoms with Crippen molar-refractivity contribution in [3.8, 4) is 5.75 Å². The fourth-order valence-electron chi connectivity index (χ4n) is 1.63. The predicted molar refractivity (Wildman–Crippen MR) is 69.1 cm³/mol. The van der Waals surface area contributed by atoms with Gasteiger partial charge in [0.25, 0.3) is 5.91 Å². The van der Waals surface area contributed by atoms with E-state index in [2.05, 4.69) is 5.32 Å². The summed E-state index contributed by atoms with van der Waals surface area (Å²) < 4.78 is 27.4. The lowest BCUT2D eigenvalue weighted by Gasteiger charge is -2.07. The van der Waals surface area contributed by atoms with E-state index in [0.717, 1.165) is 0 Å². The van der Waals surface area contributed by atoms with E-state index >= 15 is 0 Å². The van der Waals surface area contributed by atoms with E-state index in [1.165, 1.54) is 24.3 Å². The highest BCUT2D eigenvalue weighted by Gasteiger charge is 2.26. The standard InChI is InChI=1S/C13H8F2N2O4/c14-9-5-6-10(17(20)21)12(15)11(9)13(19)16-7-1-3-8(18)4-2-7/h1-6,18H,(H,16,19). The normalized spacial score (nSPS) is 10.2. The van der Waals surface area contributed by atoms with Crippen molar-refractivity contribution in [3.05, 3.63) is 63.7 Å². The molecule has 0 unspecified atom stereocenters. The summed E-state index contributed by atoms with van der Waals surface area (Å²) in [6, 6.07) is 6.42. The van der Waals surface area contributed by atoms with Gasteiger partial charge in [-0.1, -0.05) is 0 Å². The van der Waals surface area contributed by atoms with Crippen molar-refractivity contribution in [2.45, 2.75) is 0 Å². The second-order valence-corrected chi connectivity index (χ2v) is 4.01. The molecule has 0 saturated heterocycles. The van der Waals surface area contributed by atoms with Crippen LogP contribution in [0.1, 0.15) is 10.4 Å². The number of carbonyl (C=O) groups is 1. The zero-order valence-electron chi connectivity index (χ0n) is 10.3. The topological polar surface area (TPSA) is 92.5 Å². The summed E-state index contributed by atoms with van der Waals surface area (Å²) in [4.78, 5) is 21.4. The third kappa shape index (κ3) is 2.94. The van der Waals surface area contributed by atoms with Crippen LogP contribution in [0.3, 0.4) is 0 Å². The Bertz CT molecular complexity index is 717. The number of benzene rings is 2. The van der Waals surface area contributed by atoms with Gasteiger partial charge in [0.1, 0.15) is 17.1 Å². The average Bonchev–Trinajstić information content (AvgIpc) is 2.41. The molecular weight excluding hydrogens is 286 g/mol. The van der Waals surface area contributed by atoms with E-state index in [4.69, 9.17) is 5.11 Å². The van der Waals surface area contributed by atoms with E-state index in [0.29, 0.717) is 12.1 Å². The molecule has 0 aliphatic rings. The summed E-state index contributed by atoms with van der Waals surface area (Å²) >= 11 is 0. The van der Waals surface area contributed by atoms with E-state index in [1.54, 1.807) is 0 Å². The maximum absolute atomic E-state index is 13.8. The van der Waals surface area contributed by atoms with E-state index in [9.17, 15) is 23.7 Å². The van der Waals surface area contributed by atoms with Crippen molar-refractivity contribution in [2.24, 2.45) is 0 Å². The van der Waals surface area contributed by atoms with Gasteiger partial charge >= 0.3 is 5.69 Å². The van der Waals surface area contributed by atoms with Gasteiger partial charge in [-0.3, -0.25) is 14.9 Å². The van der Waals surface area contributed by atoms with E-state index in [1.807, 2.05) is 0 Å². The molecule has 0 fully saturated rings. The Morgan fingerprint density at radius 1 is 1.14 bits per heavy atom. The van der Waals surface area contributed by atoms with Crippen LogP contribution in [-0.2, 0) is 0 Å². The molecule has 0 aliphatic heterocycles.